The van der Waals surface area contributed by atoms with Crippen molar-refractivity contribution in [1.29, 1.82) is 0 Å². The van der Waals surface area contributed by atoms with E-state index in [0.29, 0.717) is 5.56 Å². The fraction of sp³-hybridized carbons (Fsp3) is 0.385. The minimum Gasteiger partial charge on any atom is -0.314 e. The van der Waals surface area contributed by atoms with Crippen molar-refractivity contribution >= 4 is 5.69 Å². The average Bonchev–Trinajstić information content (AvgIpc) is 2.42. The van der Waals surface area contributed by atoms with Crippen LogP contribution >= 0.6 is 0 Å². The minimum absolute atomic E-state index is 0.0987. The maximum Gasteiger partial charge on any atom is 0.269 e. The fourth-order valence-electron chi connectivity index (χ4n) is 2.30. The lowest BCUT2D eigenvalue weighted by atomic mass is 10.0. The SMILES string of the molecule is C=C[C@H](c1cc([N+](=O)[O-])ccc1F)N1CCNCC1. The maximum absolute atomic E-state index is 13.9. The van der Waals surface area contributed by atoms with Crippen molar-refractivity contribution in [2.45, 2.75) is 6.04 Å². The number of halogens is 1. The first-order valence-electron chi connectivity index (χ1n) is 6.14. The average molecular weight is 265 g/mol. The van der Waals surface area contributed by atoms with Gasteiger partial charge in [0.05, 0.1) is 11.0 Å². The summed E-state index contributed by atoms with van der Waals surface area (Å²) < 4.78 is 13.9. The highest BCUT2D eigenvalue weighted by atomic mass is 19.1. The van der Waals surface area contributed by atoms with Gasteiger partial charge in [0, 0.05) is 43.9 Å². The Balaban J connectivity index is 2.33. The van der Waals surface area contributed by atoms with E-state index < -0.39 is 10.7 Å². The second kappa shape index (κ2) is 5.90. The summed E-state index contributed by atoms with van der Waals surface area (Å²) in [7, 11) is 0. The van der Waals surface area contributed by atoms with Crippen LogP contribution in [0.4, 0.5) is 10.1 Å². The molecule has 1 heterocycles. The van der Waals surface area contributed by atoms with Crippen LogP contribution in [0.3, 0.4) is 0 Å². The number of hydrogen-bond donors (Lipinski definition) is 1. The Kier molecular flexibility index (Phi) is 4.24. The summed E-state index contributed by atoms with van der Waals surface area (Å²) in [6.45, 7) is 6.90. The van der Waals surface area contributed by atoms with Crippen molar-refractivity contribution in [2.24, 2.45) is 0 Å². The van der Waals surface area contributed by atoms with Gasteiger partial charge in [-0.1, -0.05) is 6.08 Å². The van der Waals surface area contributed by atoms with Crippen LogP contribution in [0.5, 0.6) is 0 Å². The zero-order valence-corrected chi connectivity index (χ0v) is 10.5. The van der Waals surface area contributed by atoms with Gasteiger partial charge >= 0.3 is 0 Å². The van der Waals surface area contributed by atoms with Crippen LogP contribution < -0.4 is 5.32 Å². The molecule has 1 N–H and O–H groups in total. The molecule has 0 unspecified atom stereocenters. The molecular weight excluding hydrogens is 249 g/mol. The molecule has 102 valence electrons. The first-order chi connectivity index (χ1) is 9.13. The predicted molar refractivity (Wildman–Crippen MR) is 70.4 cm³/mol. The van der Waals surface area contributed by atoms with E-state index in [0.717, 1.165) is 32.2 Å². The molecule has 6 heteroatoms. The van der Waals surface area contributed by atoms with Crippen molar-refractivity contribution < 1.29 is 9.31 Å². The Labute approximate surface area is 110 Å². The molecule has 1 aliphatic rings. The van der Waals surface area contributed by atoms with Crippen LogP contribution in [-0.2, 0) is 0 Å². The standard InChI is InChI=1S/C13H16FN3O2/c1-2-13(16-7-5-15-6-8-16)11-9-10(17(18)19)3-4-12(11)14/h2-4,9,13,15H,1,5-8H2/t13-/m1/s1. The van der Waals surface area contributed by atoms with Gasteiger partial charge in [0.25, 0.3) is 5.69 Å². The fourth-order valence-corrected chi connectivity index (χ4v) is 2.30. The van der Waals surface area contributed by atoms with Gasteiger partial charge in [0.1, 0.15) is 5.82 Å². The molecule has 1 fully saturated rings. The molecule has 5 nitrogen and oxygen atoms in total. The summed E-state index contributed by atoms with van der Waals surface area (Å²) >= 11 is 0. The van der Waals surface area contributed by atoms with Crippen LogP contribution in [0.25, 0.3) is 0 Å². The highest BCUT2D eigenvalue weighted by molar-refractivity contribution is 5.38. The molecule has 0 amide bonds. The third-order valence-electron chi connectivity index (χ3n) is 3.28. The third kappa shape index (κ3) is 2.97. The van der Waals surface area contributed by atoms with Gasteiger partial charge in [-0.3, -0.25) is 15.0 Å². The smallest absolute Gasteiger partial charge is 0.269 e. The lowest BCUT2D eigenvalue weighted by Crippen LogP contribution is -2.44. The van der Waals surface area contributed by atoms with Gasteiger partial charge in [-0.2, -0.15) is 0 Å². The molecule has 19 heavy (non-hydrogen) atoms. The molecule has 0 aromatic heterocycles. The molecule has 0 radical (unpaired) electrons. The van der Waals surface area contributed by atoms with E-state index in [1.165, 1.54) is 12.1 Å². The first kappa shape index (κ1) is 13.6. The van der Waals surface area contributed by atoms with Crippen molar-refractivity contribution in [3.05, 3.63) is 52.3 Å². The Hall–Kier alpha value is -1.79. The van der Waals surface area contributed by atoms with Crippen LogP contribution in [-0.4, -0.2) is 36.0 Å². The summed E-state index contributed by atoms with van der Waals surface area (Å²) in [5, 5.41) is 14.0. The highest BCUT2D eigenvalue weighted by Crippen LogP contribution is 2.28. The Morgan fingerprint density at radius 3 is 2.74 bits per heavy atom. The quantitative estimate of drug-likeness (QED) is 0.513. The summed E-state index contributed by atoms with van der Waals surface area (Å²) in [5.74, 6) is -0.436. The van der Waals surface area contributed by atoms with Crippen molar-refractivity contribution in [3.8, 4) is 0 Å². The Bertz CT molecular complexity index is 487. The highest BCUT2D eigenvalue weighted by Gasteiger charge is 2.23. The van der Waals surface area contributed by atoms with Crippen molar-refractivity contribution in [1.82, 2.24) is 10.2 Å². The molecular formula is C13H16FN3O2. The predicted octanol–water partition coefficient (Wildman–Crippen LogP) is 1.87. The van der Waals surface area contributed by atoms with Crippen LogP contribution in [0.15, 0.2) is 30.9 Å². The number of hydrogen-bond acceptors (Lipinski definition) is 4. The zero-order valence-electron chi connectivity index (χ0n) is 10.5. The number of nitro benzene ring substituents is 1. The topological polar surface area (TPSA) is 58.4 Å². The molecule has 0 bridgehead atoms. The van der Waals surface area contributed by atoms with Gasteiger partial charge in [-0.15, -0.1) is 6.58 Å². The van der Waals surface area contributed by atoms with Gasteiger partial charge < -0.3 is 5.32 Å². The van der Waals surface area contributed by atoms with Crippen LogP contribution in [0.2, 0.25) is 0 Å². The third-order valence-corrected chi connectivity index (χ3v) is 3.28. The normalized spacial score (nSPS) is 17.9. The molecule has 1 aromatic carbocycles. The second-order valence-corrected chi connectivity index (χ2v) is 4.43. The van der Waals surface area contributed by atoms with Gasteiger partial charge in [0.15, 0.2) is 0 Å². The van der Waals surface area contributed by atoms with E-state index in [1.54, 1.807) is 6.08 Å². The molecule has 1 aromatic rings. The van der Waals surface area contributed by atoms with E-state index in [2.05, 4.69) is 16.8 Å². The van der Waals surface area contributed by atoms with Crippen molar-refractivity contribution in [2.75, 3.05) is 26.2 Å². The first-order valence-corrected chi connectivity index (χ1v) is 6.14. The Morgan fingerprint density at radius 1 is 1.47 bits per heavy atom. The summed E-state index contributed by atoms with van der Waals surface area (Å²) in [5.41, 5.74) is 0.212. The number of benzene rings is 1. The minimum atomic E-state index is -0.513. The number of nitrogens with zero attached hydrogens (tertiary/aromatic N) is 2. The number of piperazine rings is 1. The van der Waals surface area contributed by atoms with E-state index in [1.807, 2.05) is 0 Å². The zero-order chi connectivity index (χ0) is 13.8. The number of non-ortho nitro benzene ring substituents is 1. The Morgan fingerprint density at radius 2 is 2.16 bits per heavy atom. The maximum atomic E-state index is 13.9. The van der Waals surface area contributed by atoms with E-state index in [4.69, 9.17) is 0 Å². The molecule has 0 spiro atoms. The van der Waals surface area contributed by atoms with Crippen molar-refractivity contribution in [3.63, 3.8) is 0 Å². The largest absolute Gasteiger partial charge is 0.314 e. The van der Waals surface area contributed by atoms with Gasteiger partial charge in [0.2, 0.25) is 0 Å². The van der Waals surface area contributed by atoms with Gasteiger partial charge in [-0.05, 0) is 6.07 Å². The molecule has 1 atom stereocenters. The molecule has 2 rings (SSSR count). The number of nitrogens with one attached hydrogen (secondary N) is 1. The molecule has 0 saturated carbocycles. The number of nitro groups is 1. The lowest BCUT2D eigenvalue weighted by Gasteiger charge is -2.33. The molecule has 1 saturated heterocycles. The van der Waals surface area contributed by atoms with E-state index in [9.17, 15) is 14.5 Å². The second-order valence-electron chi connectivity index (χ2n) is 4.43. The molecule has 0 aliphatic carbocycles. The summed E-state index contributed by atoms with van der Waals surface area (Å²) in [6.07, 6.45) is 1.63. The van der Waals surface area contributed by atoms with E-state index in [-0.39, 0.29) is 11.7 Å². The van der Waals surface area contributed by atoms with Gasteiger partial charge in [-0.25, -0.2) is 4.39 Å². The van der Waals surface area contributed by atoms with Crippen LogP contribution in [0, 0.1) is 15.9 Å². The number of rotatable bonds is 4. The monoisotopic (exact) mass is 265 g/mol. The van der Waals surface area contributed by atoms with E-state index >= 15 is 0 Å². The lowest BCUT2D eigenvalue weighted by molar-refractivity contribution is -0.385. The summed E-state index contributed by atoms with van der Waals surface area (Å²) in [4.78, 5) is 12.3. The molecule has 1 aliphatic heterocycles. The van der Waals surface area contributed by atoms with Crippen LogP contribution in [0.1, 0.15) is 11.6 Å². The summed E-state index contributed by atoms with van der Waals surface area (Å²) in [6, 6.07) is 3.29.